The van der Waals surface area contributed by atoms with Gasteiger partial charge in [-0.3, -0.25) is 10.1 Å². The summed E-state index contributed by atoms with van der Waals surface area (Å²) in [6, 6.07) is 15.4. The Morgan fingerprint density at radius 3 is 2.59 bits per heavy atom. The highest BCUT2D eigenvalue weighted by molar-refractivity contribution is 5.97. The summed E-state index contributed by atoms with van der Waals surface area (Å²) in [6.45, 7) is 4.24. The predicted molar refractivity (Wildman–Crippen MR) is 102 cm³/mol. The lowest BCUT2D eigenvalue weighted by Crippen LogP contribution is -2.45. The average molecular weight is 366 g/mol. The van der Waals surface area contributed by atoms with Gasteiger partial charge in [-0.1, -0.05) is 12.1 Å². The van der Waals surface area contributed by atoms with Gasteiger partial charge < -0.3 is 15.4 Å². The third-order valence-electron chi connectivity index (χ3n) is 3.67. The largest absolute Gasteiger partial charge is 0.489 e. The third kappa shape index (κ3) is 6.36. The molecule has 0 saturated heterocycles. The third-order valence-corrected chi connectivity index (χ3v) is 3.67. The molecule has 140 valence electrons. The van der Waals surface area contributed by atoms with Gasteiger partial charge in [0.25, 0.3) is 0 Å². The van der Waals surface area contributed by atoms with Crippen LogP contribution in [0.3, 0.4) is 0 Å². The van der Waals surface area contributed by atoms with Crippen molar-refractivity contribution >= 4 is 17.6 Å². The maximum atomic E-state index is 11.9. The first-order valence-electron chi connectivity index (χ1n) is 8.59. The van der Waals surface area contributed by atoms with Crippen molar-refractivity contribution < 1.29 is 14.3 Å². The van der Waals surface area contributed by atoms with Gasteiger partial charge in [-0.05, 0) is 55.8 Å². The molecule has 0 bridgehead atoms. The van der Waals surface area contributed by atoms with Crippen molar-refractivity contribution in [1.82, 2.24) is 10.6 Å². The fraction of sp³-hybridized carbons (Fsp3) is 0.250. The molecule has 2 aromatic rings. The summed E-state index contributed by atoms with van der Waals surface area (Å²) >= 11 is 0. The van der Waals surface area contributed by atoms with Gasteiger partial charge in [-0.25, -0.2) is 4.79 Å². The molecule has 2 aromatic carbocycles. The number of amides is 3. The molecule has 2 rings (SSSR count). The number of nitriles is 1. The first-order valence-corrected chi connectivity index (χ1v) is 8.59. The zero-order valence-electron chi connectivity index (χ0n) is 15.3. The number of nitrogens with zero attached hydrogens (tertiary/aromatic N) is 1. The zero-order chi connectivity index (χ0) is 19.6. The SMILES string of the molecule is CCNC(=O)NC(=O)C(C)Nc1ccc(OCc2cccc(C#N)c2)cc1. The first-order chi connectivity index (χ1) is 13.0. The summed E-state index contributed by atoms with van der Waals surface area (Å²) in [5, 5.41) is 16.7. The molecule has 3 N–H and O–H groups in total. The van der Waals surface area contributed by atoms with Gasteiger partial charge in [-0.2, -0.15) is 5.26 Å². The molecule has 27 heavy (non-hydrogen) atoms. The number of ether oxygens (including phenoxy) is 1. The molecular formula is C20H22N4O3. The molecule has 0 aliphatic rings. The van der Waals surface area contributed by atoms with Crippen LogP contribution >= 0.6 is 0 Å². The molecule has 0 saturated carbocycles. The lowest BCUT2D eigenvalue weighted by atomic mass is 10.1. The van der Waals surface area contributed by atoms with Crippen LogP contribution in [0.5, 0.6) is 5.75 Å². The van der Waals surface area contributed by atoms with Crippen LogP contribution in [0.15, 0.2) is 48.5 Å². The van der Waals surface area contributed by atoms with E-state index in [0.29, 0.717) is 24.5 Å². The Labute approximate surface area is 158 Å². The fourth-order valence-electron chi connectivity index (χ4n) is 2.29. The molecule has 0 aliphatic heterocycles. The van der Waals surface area contributed by atoms with Gasteiger partial charge in [0.1, 0.15) is 18.4 Å². The molecule has 0 spiro atoms. The van der Waals surface area contributed by atoms with Gasteiger partial charge in [0.15, 0.2) is 0 Å². The monoisotopic (exact) mass is 366 g/mol. The molecule has 7 nitrogen and oxygen atoms in total. The Kier molecular flexibility index (Phi) is 7.20. The van der Waals surface area contributed by atoms with Crippen LogP contribution in [0.25, 0.3) is 0 Å². The highest BCUT2D eigenvalue weighted by Crippen LogP contribution is 2.18. The minimum atomic E-state index is -0.576. The Balaban J connectivity index is 1.86. The molecule has 1 atom stereocenters. The van der Waals surface area contributed by atoms with Crippen LogP contribution in [0.1, 0.15) is 25.0 Å². The van der Waals surface area contributed by atoms with E-state index in [1.165, 1.54) is 0 Å². The van der Waals surface area contributed by atoms with Crippen LogP contribution in [0.4, 0.5) is 10.5 Å². The van der Waals surface area contributed by atoms with E-state index < -0.39 is 18.0 Å². The quantitative estimate of drug-likeness (QED) is 0.699. The summed E-state index contributed by atoms with van der Waals surface area (Å²) in [7, 11) is 0. The summed E-state index contributed by atoms with van der Waals surface area (Å²) in [5.74, 6) is 0.251. The minimum Gasteiger partial charge on any atom is -0.489 e. The topological polar surface area (TPSA) is 103 Å². The molecule has 0 radical (unpaired) electrons. The van der Waals surface area contributed by atoms with Crippen molar-refractivity contribution in [2.24, 2.45) is 0 Å². The van der Waals surface area contributed by atoms with E-state index in [9.17, 15) is 9.59 Å². The second kappa shape index (κ2) is 9.82. The molecule has 0 fully saturated rings. The van der Waals surface area contributed by atoms with Crippen LogP contribution in [0.2, 0.25) is 0 Å². The summed E-state index contributed by atoms with van der Waals surface area (Å²) in [6.07, 6.45) is 0. The van der Waals surface area contributed by atoms with Crippen molar-refractivity contribution in [3.8, 4) is 11.8 Å². The average Bonchev–Trinajstić information content (AvgIpc) is 2.67. The first kappa shape index (κ1) is 19.8. The lowest BCUT2D eigenvalue weighted by molar-refractivity contribution is -0.120. The Bertz CT molecular complexity index is 828. The van der Waals surface area contributed by atoms with Crippen LogP contribution in [-0.4, -0.2) is 24.5 Å². The predicted octanol–water partition coefficient (Wildman–Crippen LogP) is 2.78. The summed E-state index contributed by atoms with van der Waals surface area (Å²) < 4.78 is 5.71. The van der Waals surface area contributed by atoms with Crippen LogP contribution in [0, 0.1) is 11.3 Å². The Morgan fingerprint density at radius 2 is 1.93 bits per heavy atom. The van der Waals surface area contributed by atoms with Crippen molar-refractivity contribution in [2.45, 2.75) is 26.5 Å². The zero-order valence-corrected chi connectivity index (χ0v) is 15.3. The Hall–Kier alpha value is -3.53. The lowest BCUT2D eigenvalue weighted by Gasteiger charge is -2.15. The van der Waals surface area contributed by atoms with E-state index in [1.54, 1.807) is 50.2 Å². The van der Waals surface area contributed by atoms with Gasteiger partial charge >= 0.3 is 6.03 Å². The van der Waals surface area contributed by atoms with E-state index in [4.69, 9.17) is 10.00 Å². The van der Waals surface area contributed by atoms with Crippen molar-refractivity contribution in [1.29, 1.82) is 5.26 Å². The van der Waals surface area contributed by atoms with E-state index in [-0.39, 0.29) is 0 Å². The number of benzene rings is 2. The Morgan fingerprint density at radius 1 is 1.19 bits per heavy atom. The number of hydrogen-bond donors (Lipinski definition) is 3. The summed E-state index contributed by atoms with van der Waals surface area (Å²) in [5.41, 5.74) is 2.23. The highest BCUT2D eigenvalue weighted by atomic mass is 16.5. The number of nitrogens with one attached hydrogen (secondary N) is 3. The number of hydrogen-bond acceptors (Lipinski definition) is 5. The summed E-state index contributed by atoms with van der Waals surface area (Å²) in [4.78, 5) is 23.3. The standard InChI is InChI=1S/C20H22N4O3/c1-3-22-20(26)24-19(25)14(2)23-17-7-9-18(10-8-17)27-13-16-6-4-5-15(11-16)12-21/h4-11,14,23H,3,13H2,1-2H3,(H2,22,24,25,26). The van der Waals surface area contributed by atoms with E-state index in [0.717, 1.165) is 11.3 Å². The van der Waals surface area contributed by atoms with Crippen molar-refractivity contribution in [3.05, 3.63) is 59.7 Å². The molecule has 0 aliphatic carbocycles. The molecule has 0 aromatic heterocycles. The van der Waals surface area contributed by atoms with Crippen LogP contribution < -0.4 is 20.7 Å². The highest BCUT2D eigenvalue weighted by Gasteiger charge is 2.15. The number of urea groups is 1. The van der Waals surface area contributed by atoms with E-state index >= 15 is 0 Å². The molecule has 1 unspecified atom stereocenters. The maximum Gasteiger partial charge on any atom is 0.321 e. The number of rotatable bonds is 7. The number of anilines is 1. The van der Waals surface area contributed by atoms with Crippen molar-refractivity contribution in [3.63, 3.8) is 0 Å². The molecule has 0 heterocycles. The van der Waals surface area contributed by atoms with Crippen LogP contribution in [-0.2, 0) is 11.4 Å². The molecular weight excluding hydrogens is 344 g/mol. The second-order valence-electron chi connectivity index (χ2n) is 5.84. The van der Waals surface area contributed by atoms with E-state index in [1.807, 2.05) is 12.1 Å². The normalized spacial score (nSPS) is 11.0. The smallest absolute Gasteiger partial charge is 0.321 e. The van der Waals surface area contributed by atoms with E-state index in [2.05, 4.69) is 22.0 Å². The molecule has 3 amide bonds. The number of imide groups is 1. The molecule has 7 heteroatoms. The number of carbonyl (C=O) groups excluding carboxylic acids is 2. The van der Waals surface area contributed by atoms with Gasteiger partial charge in [-0.15, -0.1) is 0 Å². The fourth-order valence-corrected chi connectivity index (χ4v) is 2.29. The minimum absolute atomic E-state index is 0.355. The maximum absolute atomic E-state index is 11.9. The van der Waals surface area contributed by atoms with Gasteiger partial charge in [0, 0.05) is 12.2 Å². The van der Waals surface area contributed by atoms with Gasteiger partial charge in [0.2, 0.25) is 5.91 Å². The van der Waals surface area contributed by atoms with Gasteiger partial charge in [0.05, 0.1) is 11.6 Å². The van der Waals surface area contributed by atoms with Crippen molar-refractivity contribution in [2.75, 3.05) is 11.9 Å². The number of carbonyl (C=O) groups is 2. The second-order valence-corrected chi connectivity index (χ2v) is 5.84.